The molecule has 0 radical (unpaired) electrons. The van der Waals surface area contributed by atoms with Gasteiger partial charge in [-0.1, -0.05) is 0 Å². The molecule has 3 N–H and O–H groups in total. The molecule has 2 unspecified atom stereocenters. The second kappa shape index (κ2) is 5.51. The fourth-order valence-electron chi connectivity index (χ4n) is 2.53. The largest absolute Gasteiger partial charge is 0.384 e. The third-order valence-corrected chi connectivity index (χ3v) is 4.62. The number of nitrogens with two attached hydrogens (primary N) is 1. The summed E-state index contributed by atoms with van der Waals surface area (Å²) in [6.45, 7) is 6.54. The first kappa shape index (κ1) is 14.3. The number of rotatable bonds is 2. The van der Waals surface area contributed by atoms with E-state index in [1.54, 1.807) is 0 Å². The van der Waals surface area contributed by atoms with Crippen molar-refractivity contribution >= 4 is 27.5 Å². The van der Waals surface area contributed by atoms with Crippen LogP contribution in [0.3, 0.4) is 0 Å². The van der Waals surface area contributed by atoms with Gasteiger partial charge in [-0.15, -0.1) is 0 Å². The molecule has 1 saturated heterocycles. The fourth-order valence-corrected chi connectivity index (χ4v) is 3.11. The highest BCUT2D eigenvalue weighted by Crippen LogP contribution is 2.26. The van der Waals surface area contributed by atoms with Gasteiger partial charge >= 0.3 is 0 Å². The van der Waals surface area contributed by atoms with E-state index in [1.807, 2.05) is 12.1 Å². The van der Waals surface area contributed by atoms with Crippen molar-refractivity contribution in [1.29, 1.82) is 5.41 Å². The van der Waals surface area contributed by atoms with Crippen molar-refractivity contribution in [2.24, 2.45) is 5.73 Å². The third-order valence-electron chi connectivity index (χ3n) is 3.97. The Hall–Kier alpha value is -1.07. The summed E-state index contributed by atoms with van der Waals surface area (Å²) in [5.41, 5.74) is 7.47. The number of hydrogen-bond donors (Lipinski definition) is 2. The Balaban J connectivity index is 2.23. The molecule has 1 heterocycles. The molecule has 0 aromatic heterocycles. The molecule has 4 nitrogen and oxygen atoms in total. The van der Waals surface area contributed by atoms with Crippen molar-refractivity contribution in [3.8, 4) is 0 Å². The lowest BCUT2D eigenvalue weighted by Gasteiger charge is -2.43. The second-order valence-corrected chi connectivity index (χ2v) is 6.20. The van der Waals surface area contributed by atoms with E-state index in [9.17, 15) is 0 Å². The molecule has 1 aromatic rings. The van der Waals surface area contributed by atoms with Crippen LogP contribution in [-0.4, -0.2) is 43.0 Å². The minimum atomic E-state index is 0.0959. The average Bonchev–Trinajstić information content (AvgIpc) is 2.34. The number of amidine groups is 1. The number of hydrogen-bond acceptors (Lipinski definition) is 3. The third kappa shape index (κ3) is 2.92. The van der Waals surface area contributed by atoms with Gasteiger partial charge in [0, 0.05) is 40.9 Å². The van der Waals surface area contributed by atoms with Crippen molar-refractivity contribution in [1.82, 2.24) is 4.90 Å². The summed E-state index contributed by atoms with van der Waals surface area (Å²) in [7, 11) is 2.18. The van der Waals surface area contributed by atoms with E-state index in [2.05, 4.69) is 52.7 Å². The Bertz CT molecular complexity index is 476. The topological polar surface area (TPSA) is 56.4 Å². The fraction of sp³-hybridized carbons (Fsp3) is 0.500. The lowest BCUT2D eigenvalue weighted by Crippen LogP contribution is -2.55. The highest BCUT2D eigenvalue weighted by atomic mass is 79.9. The van der Waals surface area contributed by atoms with Gasteiger partial charge < -0.3 is 10.6 Å². The predicted octanol–water partition coefficient (Wildman–Crippen LogP) is 2.26. The van der Waals surface area contributed by atoms with Crippen molar-refractivity contribution in [2.45, 2.75) is 25.9 Å². The molecular formula is C14H21BrN4. The normalized spacial score (nSPS) is 24.5. The molecule has 0 saturated carbocycles. The van der Waals surface area contributed by atoms with E-state index < -0.39 is 0 Å². The van der Waals surface area contributed by atoms with E-state index in [-0.39, 0.29) is 5.84 Å². The first-order chi connectivity index (χ1) is 8.90. The molecule has 2 atom stereocenters. The van der Waals surface area contributed by atoms with E-state index in [4.69, 9.17) is 11.1 Å². The first-order valence-electron chi connectivity index (χ1n) is 6.51. The minimum absolute atomic E-state index is 0.0959. The Morgan fingerprint density at radius 2 is 1.89 bits per heavy atom. The number of halogens is 1. The summed E-state index contributed by atoms with van der Waals surface area (Å²) in [6.07, 6.45) is 0. The Morgan fingerprint density at radius 1 is 1.32 bits per heavy atom. The Morgan fingerprint density at radius 3 is 2.37 bits per heavy atom. The van der Waals surface area contributed by atoms with Gasteiger partial charge in [0.2, 0.25) is 0 Å². The van der Waals surface area contributed by atoms with E-state index in [1.165, 1.54) is 5.69 Å². The van der Waals surface area contributed by atoms with Crippen molar-refractivity contribution in [3.63, 3.8) is 0 Å². The molecule has 1 fully saturated rings. The smallest absolute Gasteiger partial charge is 0.123 e. The van der Waals surface area contributed by atoms with Crippen LogP contribution in [0.5, 0.6) is 0 Å². The summed E-state index contributed by atoms with van der Waals surface area (Å²) >= 11 is 3.50. The Kier molecular flexibility index (Phi) is 4.16. The van der Waals surface area contributed by atoms with Crippen LogP contribution < -0.4 is 10.6 Å². The lowest BCUT2D eigenvalue weighted by molar-refractivity contribution is 0.170. The van der Waals surface area contributed by atoms with E-state index >= 15 is 0 Å². The maximum atomic E-state index is 7.51. The number of benzene rings is 1. The van der Waals surface area contributed by atoms with Gasteiger partial charge in [-0.3, -0.25) is 10.3 Å². The highest BCUT2D eigenvalue weighted by molar-refractivity contribution is 9.10. The number of nitrogen functional groups attached to an aromatic ring is 1. The number of anilines is 1. The summed E-state index contributed by atoms with van der Waals surface area (Å²) < 4.78 is 0.886. The molecule has 1 aliphatic heterocycles. The zero-order valence-corrected chi connectivity index (χ0v) is 13.2. The first-order valence-corrected chi connectivity index (χ1v) is 7.30. The molecule has 19 heavy (non-hydrogen) atoms. The van der Waals surface area contributed by atoms with Gasteiger partial charge in [-0.25, -0.2) is 0 Å². The summed E-state index contributed by atoms with van der Waals surface area (Å²) in [5, 5.41) is 7.51. The van der Waals surface area contributed by atoms with Crippen LogP contribution in [0.1, 0.15) is 19.4 Å². The quantitative estimate of drug-likeness (QED) is 0.648. The van der Waals surface area contributed by atoms with Crippen molar-refractivity contribution in [3.05, 3.63) is 28.2 Å². The van der Waals surface area contributed by atoms with Crippen LogP contribution in [-0.2, 0) is 0 Å². The standard InChI is InChI=1S/C14H21BrN4/c1-9-7-19(8-10(2)18(9)3)11-4-5-12(14(16)17)13(15)6-11/h4-6,9-10H,7-8H2,1-3H3,(H3,16,17). The number of nitrogens with one attached hydrogen (secondary N) is 1. The zero-order chi connectivity index (χ0) is 14.2. The molecule has 2 rings (SSSR count). The molecule has 1 aromatic carbocycles. The van der Waals surface area contributed by atoms with Crippen LogP contribution in [0.25, 0.3) is 0 Å². The number of nitrogens with zero attached hydrogens (tertiary/aromatic N) is 2. The van der Waals surface area contributed by atoms with Gasteiger partial charge in [-0.05, 0) is 55.0 Å². The van der Waals surface area contributed by atoms with Gasteiger partial charge in [0.1, 0.15) is 5.84 Å². The van der Waals surface area contributed by atoms with Crippen LogP contribution in [0.15, 0.2) is 22.7 Å². The van der Waals surface area contributed by atoms with Crippen LogP contribution in [0.4, 0.5) is 5.69 Å². The number of likely N-dealkylation sites (N-methyl/N-ethyl adjacent to an activating group) is 1. The Labute approximate surface area is 123 Å². The monoisotopic (exact) mass is 324 g/mol. The SMILES string of the molecule is CC1CN(c2ccc(C(=N)N)c(Br)c2)CC(C)N1C. The minimum Gasteiger partial charge on any atom is -0.384 e. The zero-order valence-electron chi connectivity index (χ0n) is 11.7. The van der Waals surface area contributed by atoms with Crippen LogP contribution in [0, 0.1) is 5.41 Å². The molecular weight excluding hydrogens is 304 g/mol. The average molecular weight is 325 g/mol. The van der Waals surface area contributed by atoms with Crippen molar-refractivity contribution in [2.75, 3.05) is 25.0 Å². The molecule has 0 spiro atoms. The molecule has 104 valence electrons. The number of piperazine rings is 1. The van der Waals surface area contributed by atoms with Crippen LogP contribution >= 0.6 is 15.9 Å². The predicted molar refractivity (Wildman–Crippen MR) is 84.1 cm³/mol. The van der Waals surface area contributed by atoms with E-state index in [0.717, 1.165) is 23.1 Å². The summed E-state index contributed by atoms with van der Waals surface area (Å²) in [6, 6.07) is 7.09. The second-order valence-electron chi connectivity index (χ2n) is 5.35. The summed E-state index contributed by atoms with van der Waals surface area (Å²) in [5.74, 6) is 0.0959. The molecule has 0 aliphatic carbocycles. The van der Waals surface area contributed by atoms with Crippen molar-refractivity contribution < 1.29 is 0 Å². The molecule has 1 aliphatic rings. The highest BCUT2D eigenvalue weighted by Gasteiger charge is 2.26. The van der Waals surface area contributed by atoms with Gasteiger partial charge in [0.25, 0.3) is 0 Å². The van der Waals surface area contributed by atoms with Gasteiger partial charge in [-0.2, -0.15) is 0 Å². The maximum Gasteiger partial charge on any atom is 0.123 e. The van der Waals surface area contributed by atoms with Gasteiger partial charge in [0.05, 0.1) is 0 Å². The summed E-state index contributed by atoms with van der Waals surface area (Å²) in [4.78, 5) is 4.81. The van der Waals surface area contributed by atoms with E-state index in [0.29, 0.717) is 12.1 Å². The van der Waals surface area contributed by atoms with Gasteiger partial charge in [0.15, 0.2) is 0 Å². The maximum absolute atomic E-state index is 7.51. The molecule has 0 amide bonds. The van der Waals surface area contributed by atoms with Crippen LogP contribution in [0.2, 0.25) is 0 Å². The molecule has 0 bridgehead atoms. The molecule has 5 heteroatoms. The lowest BCUT2D eigenvalue weighted by atomic mass is 10.1.